The topological polar surface area (TPSA) is 49.4 Å². The molecule has 2 aliphatic rings. The van der Waals surface area contributed by atoms with Gasteiger partial charge < -0.3 is 15.0 Å². The smallest absolute Gasteiger partial charge is 0.122 e. The summed E-state index contributed by atoms with van der Waals surface area (Å²) in [6.07, 6.45) is 5.18. The van der Waals surface area contributed by atoms with Gasteiger partial charge in [0.15, 0.2) is 0 Å². The van der Waals surface area contributed by atoms with Crippen molar-refractivity contribution in [3.8, 4) is 5.75 Å². The minimum Gasteiger partial charge on any atom is -0.494 e. The molecule has 1 aromatic heterocycles. The summed E-state index contributed by atoms with van der Waals surface area (Å²) in [7, 11) is 0. The number of aliphatic imine (C=N–C) groups is 1. The fourth-order valence-corrected chi connectivity index (χ4v) is 4.31. The van der Waals surface area contributed by atoms with E-state index in [1.165, 1.54) is 36.6 Å². The van der Waals surface area contributed by atoms with E-state index in [9.17, 15) is 0 Å². The maximum absolute atomic E-state index is 5.76. The van der Waals surface area contributed by atoms with E-state index in [1.54, 1.807) is 0 Å². The number of nitrogens with zero attached hydrogens (tertiary/aromatic N) is 1. The van der Waals surface area contributed by atoms with Crippen molar-refractivity contribution in [3.05, 3.63) is 23.9 Å². The number of anilines is 1. The molecule has 23 heavy (non-hydrogen) atoms. The molecule has 0 atom stereocenters. The largest absolute Gasteiger partial charge is 0.494 e. The van der Waals surface area contributed by atoms with Crippen LogP contribution in [0.1, 0.15) is 38.3 Å². The molecule has 1 saturated carbocycles. The van der Waals surface area contributed by atoms with Crippen LogP contribution in [0.25, 0.3) is 10.9 Å². The number of H-pyrrole nitrogens is 1. The van der Waals surface area contributed by atoms with E-state index < -0.39 is 0 Å². The van der Waals surface area contributed by atoms with Crippen molar-refractivity contribution in [2.24, 2.45) is 4.99 Å². The maximum atomic E-state index is 5.76. The molecule has 0 saturated heterocycles. The van der Waals surface area contributed by atoms with Gasteiger partial charge in [-0.05, 0) is 31.9 Å². The minimum atomic E-state index is 0.583. The van der Waals surface area contributed by atoms with Crippen LogP contribution in [0.5, 0.6) is 5.75 Å². The Bertz CT molecular complexity index is 731. The molecule has 5 heteroatoms. The first-order chi connectivity index (χ1) is 11.3. The molecule has 1 aromatic carbocycles. The van der Waals surface area contributed by atoms with Crippen molar-refractivity contribution in [1.29, 1.82) is 0 Å². The number of rotatable bonds is 5. The molecule has 4 nitrogen and oxygen atoms in total. The first-order valence-corrected chi connectivity index (χ1v) is 9.56. The Morgan fingerprint density at radius 2 is 2.17 bits per heavy atom. The highest BCUT2D eigenvalue weighted by molar-refractivity contribution is 8.14. The Morgan fingerprint density at radius 3 is 2.91 bits per heavy atom. The van der Waals surface area contributed by atoms with Gasteiger partial charge in [0, 0.05) is 29.8 Å². The molecular formula is C18H23N3OS. The van der Waals surface area contributed by atoms with Crippen LogP contribution < -0.4 is 10.1 Å². The first kappa shape index (κ1) is 14.9. The molecule has 2 heterocycles. The fourth-order valence-electron chi connectivity index (χ4n) is 3.48. The average molecular weight is 329 g/mol. The van der Waals surface area contributed by atoms with Gasteiger partial charge in [-0.2, -0.15) is 0 Å². The molecule has 0 amide bonds. The second-order valence-electron chi connectivity index (χ2n) is 6.21. The Labute approximate surface area is 141 Å². The lowest BCUT2D eigenvalue weighted by Gasteiger charge is -2.15. The van der Waals surface area contributed by atoms with Crippen LogP contribution in [0.3, 0.4) is 0 Å². The SMILES string of the molecule is CCOc1cc(NC2CCCC2)c2[nH]c(C3=NCCS3)cc2c1. The third kappa shape index (κ3) is 3.07. The Hall–Kier alpha value is -1.62. The van der Waals surface area contributed by atoms with Crippen LogP contribution in [-0.2, 0) is 0 Å². The molecule has 1 fully saturated rings. The van der Waals surface area contributed by atoms with Crippen LogP contribution in [0.4, 0.5) is 5.69 Å². The van der Waals surface area contributed by atoms with Crippen LogP contribution >= 0.6 is 11.8 Å². The highest BCUT2D eigenvalue weighted by Gasteiger charge is 2.19. The van der Waals surface area contributed by atoms with E-state index in [4.69, 9.17) is 4.74 Å². The summed E-state index contributed by atoms with van der Waals surface area (Å²) in [5, 5.41) is 6.06. The van der Waals surface area contributed by atoms with Gasteiger partial charge in [-0.15, -0.1) is 11.8 Å². The summed E-state index contributed by atoms with van der Waals surface area (Å²) in [5.74, 6) is 2.02. The van der Waals surface area contributed by atoms with E-state index in [0.29, 0.717) is 12.6 Å². The molecule has 0 unspecified atom stereocenters. The lowest BCUT2D eigenvalue weighted by atomic mass is 10.1. The predicted molar refractivity (Wildman–Crippen MR) is 99.2 cm³/mol. The van der Waals surface area contributed by atoms with Gasteiger partial charge in [0.2, 0.25) is 0 Å². The lowest BCUT2D eigenvalue weighted by Crippen LogP contribution is -2.14. The van der Waals surface area contributed by atoms with Gasteiger partial charge in [-0.25, -0.2) is 0 Å². The van der Waals surface area contributed by atoms with Crippen molar-refractivity contribution in [1.82, 2.24) is 4.98 Å². The zero-order valence-corrected chi connectivity index (χ0v) is 14.3. The number of fused-ring (bicyclic) bond motifs is 1. The number of aromatic nitrogens is 1. The third-order valence-corrected chi connectivity index (χ3v) is 5.55. The zero-order valence-electron chi connectivity index (χ0n) is 13.5. The van der Waals surface area contributed by atoms with Crippen molar-refractivity contribution >= 4 is 33.4 Å². The third-order valence-electron chi connectivity index (χ3n) is 4.54. The minimum absolute atomic E-state index is 0.583. The molecule has 122 valence electrons. The molecule has 2 aromatic rings. The fraction of sp³-hybridized carbons (Fsp3) is 0.500. The van der Waals surface area contributed by atoms with Crippen molar-refractivity contribution < 1.29 is 4.74 Å². The van der Waals surface area contributed by atoms with Crippen LogP contribution in [0.15, 0.2) is 23.2 Å². The molecule has 0 bridgehead atoms. The summed E-state index contributed by atoms with van der Waals surface area (Å²) in [6, 6.07) is 7.04. The van der Waals surface area contributed by atoms with Gasteiger partial charge >= 0.3 is 0 Å². The lowest BCUT2D eigenvalue weighted by molar-refractivity contribution is 0.341. The first-order valence-electron chi connectivity index (χ1n) is 8.57. The maximum Gasteiger partial charge on any atom is 0.122 e. The number of ether oxygens (including phenoxy) is 1. The molecule has 4 rings (SSSR count). The van der Waals surface area contributed by atoms with Gasteiger partial charge in [0.1, 0.15) is 10.8 Å². The molecular weight excluding hydrogens is 306 g/mol. The van der Waals surface area contributed by atoms with Gasteiger partial charge in [0.05, 0.1) is 23.5 Å². The standard InChI is InChI=1S/C18H23N3OS/c1-2-22-14-9-12-10-16(18-19-7-8-23-18)21-17(12)15(11-14)20-13-5-3-4-6-13/h9-11,13,20-21H,2-8H2,1H3. The molecule has 1 aliphatic heterocycles. The number of aromatic amines is 1. The van der Waals surface area contributed by atoms with E-state index in [1.807, 2.05) is 18.7 Å². The molecule has 0 radical (unpaired) electrons. The van der Waals surface area contributed by atoms with E-state index in [2.05, 4.69) is 33.5 Å². The normalized spacial score (nSPS) is 18.6. The van der Waals surface area contributed by atoms with Gasteiger partial charge in [-0.1, -0.05) is 12.8 Å². The summed E-state index contributed by atoms with van der Waals surface area (Å²) < 4.78 is 5.76. The predicted octanol–water partition coefficient (Wildman–Crippen LogP) is 4.41. The van der Waals surface area contributed by atoms with Crippen LogP contribution in [0.2, 0.25) is 0 Å². The second kappa shape index (κ2) is 6.48. The van der Waals surface area contributed by atoms with Crippen LogP contribution in [-0.4, -0.2) is 35.0 Å². The summed E-state index contributed by atoms with van der Waals surface area (Å²) in [6.45, 7) is 3.64. The monoisotopic (exact) mass is 329 g/mol. The average Bonchev–Trinajstić information content (AvgIpc) is 3.28. The van der Waals surface area contributed by atoms with E-state index >= 15 is 0 Å². The number of nitrogens with one attached hydrogen (secondary N) is 2. The number of hydrogen-bond donors (Lipinski definition) is 2. The number of benzene rings is 1. The summed E-state index contributed by atoms with van der Waals surface area (Å²) >= 11 is 1.83. The highest BCUT2D eigenvalue weighted by Crippen LogP contribution is 2.33. The van der Waals surface area contributed by atoms with Gasteiger partial charge in [-0.3, -0.25) is 4.99 Å². The second-order valence-corrected chi connectivity index (χ2v) is 7.30. The Kier molecular flexibility index (Phi) is 4.21. The molecule has 0 spiro atoms. The molecule has 1 aliphatic carbocycles. The molecule has 2 N–H and O–H groups in total. The van der Waals surface area contributed by atoms with Crippen molar-refractivity contribution in [2.45, 2.75) is 38.6 Å². The Balaban J connectivity index is 1.73. The quantitative estimate of drug-likeness (QED) is 0.854. The zero-order chi connectivity index (χ0) is 15.6. The van der Waals surface area contributed by atoms with Crippen molar-refractivity contribution in [2.75, 3.05) is 24.2 Å². The van der Waals surface area contributed by atoms with Crippen molar-refractivity contribution in [3.63, 3.8) is 0 Å². The van der Waals surface area contributed by atoms with E-state index in [0.717, 1.165) is 34.5 Å². The summed E-state index contributed by atoms with van der Waals surface area (Å²) in [5.41, 5.74) is 3.46. The van der Waals surface area contributed by atoms with Crippen LogP contribution in [0, 0.1) is 0 Å². The number of hydrogen-bond acceptors (Lipinski definition) is 4. The Morgan fingerprint density at radius 1 is 1.30 bits per heavy atom. The highest BCUT2D eigenvalue weighted by atomic mass is 32.2. The van der Waals surface area contributed by atoms with Gasteiger partial charge in [0.25, 0.3) is 0 Å². The number of thioether (sulfide) groups is 1. The summed E-state index contributed by atoms with van der Waals surface area (Å²) in [4.78, 5) is 8.17. The van der Waals surface area contributed by atoms with E-state index in [-0.39, 0.29) is 0 Å².